The van der Waals surface area contributed by atoms with E-state index >= 15 is 0 Å². The van der Waals surface area contributed by atoms with Gasteiger partial charge in [0.25, 0.3) is 0 Å². The van der Waals surface area contributed by atoms with Crippen molar-refractivity contribution >= 4 is 35.1 Å². The summed E-state index contributed by atoms with van der Waals surface area (Å²) in [6.07, 6.45) is 1.56. The smallest absolute Gasteiger partial charge is 0.222 e. The summed E-state index contributed by atoms with van der Waals surface area (Å²) in [6.45, 7) is 1.95. The summed E-state index contributed by atoms with van der Waals surface area (Å²) in [5, 5.41) is 0.575. The van der Waals surface area contributed by atoms with E-state index in [1.54, 1.807) is 6.20 Å². The van der Waals surface area contributed by atoms with Gasteiger partial charge in [-0.2, -0.15) is 16.7 Å². The van der Waals surface area contributed by atoms with Gasteiger partial charge in [0.15, 0.2) is 5.82 Å². The van der Waals surface area contributed by atoms with Crippen LogP contribution >= 0.6 is 23.4 Å². The van der Waals surface area contributed by atoms with Crippen molar-refractivity contribution in [3.63, 3.8) is 0 Å². The molecule has 0 saturated carbocycles. The standard InChI is InChI=1S/C8H11ClN4S/c9-6-5-11-8(10)12-7(6)13-1-3-14-4-2-13/h5H,1-4H2,(H2,10,11,12). The molecule has 1 aromatic heterocycles. The first kappa shape index (κ1) is 9.86. The summed E-state index contributed by atoms with van der Waals surface area (Å²) in [5.41, 5.74) is 5.52. The van der Waals surface area contributed by atoms with Crippen LogP contribution in [0.1, 0.15) is 0 Å². The van der Waals surface area contributed by atoms with Gasteiger partial charge in [-0.15, -0.1) is 0 Å². The van der Waals surface area contributed by atoms with E-state index in [1.807, 2.05) is 11.8 Å². The molecule has 1 fully saturated rings. The highest BCUT2D eigenvalue weighted by Crippen LogP contribution is 2.25. The van der Waals surface area contributed by atoms with E-state index in [0.29, 0.717) is 5.02 Å². The lowest BCUT2D eigenvalue weighted by molar-refractivity contribution is 0.837. The predicted octanol–water partition coefficient (Wildman–Crippen LogP) is 1.27. The first-order chi connectivity index (χ1) is 6.77. The quantitative estimate of drug-likeness (QED) is 0.788. The molecule has 2 N–H and O–H groups in total. The number of rotatable bonds is 1. The Morgan fingerprint density at radius 2 is 2.14 bits per heavy atom. The third-order valence-electron chi connectivity index (χ3n) is 2.05. The third kappa shape index (κ3) is 2.04. The minimum Gasteiger partial charge on any atom is -0.368 e. The molecule has 0 unspecified atom stereocenters. The average Bonchev–Trinajstić information content (AvgIpc) is 2.23. The van der Waals surface area contributed by atoms with Gasteiger partial charge in [-0.25, -0.2) is 4.98 Å². The van der Waals surface area contributed by atoms with Gasteiger partial charge in [0, 0.05) is 24.6 Å². The van der Waals surface area contributed by atoms with Crippen LogP contribution in [0.25, 0.3) is 0 Å². The van der Waals surface area contributed by atoms with E-state index in [2.05, 4.69) is 14.9 Å². The topological polar surface area (TPSA) is 55.0 Å². The SMILES string of the molecule is Nc1ncc(Cl)c(N2CCSCC2)n1. The molecule has 0 radical (unpaired) electrons. The highest BCUT2D eigenvalue weighted by molar-refractivity contribution is 7.99. The molecule has 2 heterocycles. The number of nitrogens with zero attached hydrogens (tertiary/aromatic N) is 3. The van der Waals surface area contributed by atoms with Gasteiger partial charge < -0.3 is 10.6 Å². The number of nitrogens with two attached hydrogens (primary N) is 1. The first-order valence-electron chi connectivity index (χ1n) is 4.38. The van der Waals surface area contributed by atoms with E-state index in [9.17, 15) is 0 Å². The van der Waals surface area contributed by atoms with Crippen molar-refractivity contribution in [1.29, 1.82) is 0 Å². The Balaban J connectivity index is 2.24. The molecular weight excluding hydrogens is 220 g/mol. The molecule has 0 bridgehead atoms. The first-order valence-corrected chi connectivity index (χ1v) is 5.91. The molecular formula is C8H11ClN4S. The minimum atomic E-state index is 0.280. The molecule has 14 heavy (non-hydrogen) atoms. The van der Waals surface area contributed by atoms with Gasteiger partial charge in [-0.3, -0.25) is 0 Å². The summed E-state index contributed by atoms with van der Waals surface area (Å²) in [5.74, 6) is 3.27. The van der Waals surface area contributed by atoms with Crippen molar-refractivity contribution in [3.05, 3.63) is 11.2 Å². The summed E-state index contributed by atoms with van der Waals surface area (Å²) in [6, 6.07) is 0. The van der Waals surface area contributed by atoms with Crippen molar-refractivity contribution in [2.24, 2.45) is 0 Å². The number of hydrogen-bond donors (Lipinski definition) is 1. The van der Waals surface area contributed by atoms with Crippen molar-refractivity contribution in [1.82, 2.24) is 9.97 Å². The molecule has 1 aliphatic rings. The zero-order valence-corrected chi connectivity index (χ0v) is 9.18. The third-order valence-corrected chi connectivity index (χ3v) is 3.26. The van der Waals surface area contributed by atoms with E-state index in [0.717, 1.165) is 30.4 Å². The second-order valence-corrected chi connectivity index (χ2v) is 4.63. The lowest BCUT2D eigenvalue weighted by atomic mass is 10.4. The second-order valence-electron chi connectivity index (χ2n) is 3.00. The van der Waals surface area contributed by atoms with Crippen LogP contribution in [-0.2, 0) is 0 Å². The van der Waals surface area contributed by atoms with Gasteiger partial charge in [-0.05, 0) is 0 Å². The Hall–Kier alpha value is -0.680. The monoisotopic (exact) mass is 230 g/mol. The van der Waals surface area contributed by atoms with Crippen LogP contribution < -0.4 is 10.6 Å². The van der Waals surface area contributed by atoms with Crippen molar-refractivity contribution in [2.45, 2.75) is 0 Å². The lowest BCUT2D eigenvalue weighted by Gasteiger charge is -2.27. The largest absolute Gasteiger partial charge is 0.368 e. The normalized spacial score (nSPS) is 17.1. The molecule has 0 amide bonds. The fourth-order valence-electron chi connectivity index (χ4n) is 1.37. The molecule has 76 valence electrons. The van der Waals surface area contributed by atoms with Gasteiger partial charge >= 0.3 is 0 Å². The number of halogens is 1. The van der Waals surface area contributed by atoms with Crippen molar-refractivity contribution < 1.29 is 0 Å². The van der Waals surface area contributed by atoms with Gasteiger partial charge in [-0.1, -0.05) is 11.6 Å². The predicted molar refractivity (Wildman–Crippen MR) is 61.0 cm³/mol. The Morgan fingerprint density at radius 1 is 1.43 bits per heavy atom. The maximum absolute atomic E-state index is 6.00. The van der Waals surface area contributed by atoms with E-state index in [1.165, 1.54) is 0 Å². The number of thioether (sulfide) groups is 1. The molecule has 1 aliphatic heterocycles. The average molecular weight is 231 g/mol. The fourth-order valence-corrected chi connectivity index (χ4v) is 2.48. The molecule has 1 saturated heterocycles. The zero-order chi connectivity index (χ0) is 9.97. The number of anilines is 2. The molecule has 1 aromatic rings. The van der Waals surface area contributed by atoms with E-state index in [-0.39, 0.29) is 5.95 Å². The summed E-state index contributed by atoms with van der Waals surface area (Å²) < 4.78 is 0. The number of hydrogen-bond acceptors (Lipinski definition) is 5. The van der Waals surface area contributed by atoms with Crippen LogP contribution in [0.4, 0.5) is 11.8 Å². The van der Waals surface area contributed by atoms with E-state index < -0.39 is 0 Å². The molecule has 2 rings (SSSR count). The Labute approximate surface area is 91.9 Å². The van der Waals surface area contributed by atoms with Gasteiger partial charge in [0.05, 0.1) is 6.20 Å². The van der Waals surface area contributed by atoms with Crippen molar-refractivity contribution in [3.8, 4) is 0 Å². The maximum Gasteiger partial charge on any atom is 0.222 e. The van der Waals surface area contributed by atoms with Crippen LogP contribution in [0.3, 0.4) is 0 Å². The Morgan fingerprint density at radius 3 is 2.86 bits per heavy atom. The fraction of sp³-hybridized carbons (Fsp3) is 0.500. The zero-order valence-electron chi connectivity index (χ0n) is 7.61. The molecule has 0 aromatic carbocycles. The van der Waals surface area contributed by atoms with Crippen LogP contribution in [0.5, 0.6) is 0 Å². The van der Waals surface area contributed by atoms with Crippen molar-refractivity contribution in [2.75, 3.05) is 35.2 Å². The maximum atomic E-state index is 6.00. The summed E-state index contributed by atoms with van der Waals surface area (Å²) >= 11 is 7.94. The molecule has 0 atom stereocenters. The number of aromatic nitrogens is 2. The van der Waals surface area contributed by atoms with Crippen LogP contribution in [0, 0.1) is 0 Å². The highest BCUT2D eigenvalue weighted by Gasteiger charge is 2.15. The van der Waals surface area contributed by atoms with Gasteiger partial charge in [0.1, 0.15) is 5.02 Å². The summed E-state index contributed by atoms with van der Waals surface area (Å²) in [7, 11) is 0. The number of nitrogen functional groups attached to an aromatic ring is 1. The highest BCUT2D eigenvalue weighted by atomic mass is 35.5. The van der Waals surface area contributed by atoms with Gasteiger partial charge in [0.2, 0.25) is 5.95 Å². The van der Waals surface area contributed by atoms with Crippen LogP contribution in [0.15, 0.2) is 6.20 Å². The molecule has 6 heteroatoms. The molecule has 4 nitrogen and oxygen atoms in total. The Bertz CT molecular complexity index is 327. The van der Waals surface area contributed by atoms with Crippen LogP contribution in [0.2, 0.25) is 5.02 Å². The van der Waals surface area contributed by atoms with E-state index in [4.69, 9.17) is 17.3 Å². The lowest BCUT2D eigenvalue weighted by Crippen LogP contribution is -2.33. The summed E-state index contributed by atoms with van der Waals surface area (Å²) in [4.78, 5) is 10.1. The molecule has 0 spiro atoms. The molecule has 0 aliphatic carbocycles. The Kier molecular flexibility index (Phi) is 2.98. The minimum absolute atomic E-state index is 0.280. The van der Waals surface area contributed by atoms with Crippen LogP contribution in [-0.4, -0.2) is 34.6 Å². The second kappa shape index (κ2) is 4.23.